The van der Waals surface area contributed by atoms with E-state index >= 15 is 0 Å². The number of carbonyl (C=O) groups is 2. The molecule has 0 saturated carbocycles. The summed E-state index contributed by atoms with van der Waals surface area (Å²) in [6.07, 6.45) is 3.93. The lowest BCUT2D eigenvalue weighted by atomic mass is 9.90. The van der Waals surface area contributed by atoms with Crippen LogP contribution >= 0.6 is 0 Å². The molecule has 33 heavy (non-hydrogen) atoms. The Balaban J connectivity index is 1.27. The van der Waals surface area contributed by atoms with E-state index in [-0.39, 0.29) is 29.4 Å². The number of aryl methyl sites for hydroxylation is 1. The van der Waals surface area contributed by atoms with E-state index in [1.807, 2.05) is 60.4 Å². The molecule has 170 valence electrons. The van der Waals surface area contributed by atoms with Gasteiger partial charge in [0, 0.05) is 42.4 Å². The third-order valence-electron chi connectivity index (χ3n) is 7.11. The summed E-state index contributed by atoms with van der Waals surface area (Å²) in [7, 11) is 0. The fourth-order valence-corrected chi connectivity index (χ4v) is 5.18. The van der Waals surface area contributed by atoms with Crippen molar-refractivity contribution in [2.75, 3.05) is 24.5 Å². The van der Waals surface area contributed by atoms with Crippen LogP contribution in [-0.2, 0) is 4.79 Å². The number of piperidine rings is 1. The summed E-state index contributed by atoms with van der Waals surface area (Å²) in [6, 6.07) is 17.2. The molecule has 6 heteroatoms. The number of aromatic nitrogens is 1. The molecule has 1 amide bonds. The van der Waals surface area contributed by atoms with Crippen molar-refractivity contribution in [2.24, 2.45) is 5.92 Å². The minimum absolute atomic E-state index is 0.0475. The first-order valence-corrected chi connectivity index (χ1v) is 11.6. The van der Waals surface area contributed by atoms with Crippen LogP contribution in [0.4, 0.5) is 5.69 Å². The number of phenolic OH excluding ortho intramolecular Hbond substituents is 1. The molecule has 0 bridgehead atoms. The van der Waals surface area contributed by atoms with Crippen molar-refractivity contribution in [3.05, 3.63) is 72.1 Å². The van der Waals surface area contributed by atoms with Gasteiger partial charge in [-0.15, -0.1) is 0 Å². The minimum Gasteiger partial charge on any atom is -0.507 e. The Kier molecular flexibility index (Phi) is 5.77. The Labute approximate surface area is 193 Å². The number of phenols is 1. The molecule has 2 fully saturated rings. The minimum atomic E-state index is 0.0475. The van der Waals surface area contributed by atoms with Gasteiger partial charge in [0.15, 0.2) is 5.78 Å². The van der Waals surface area contributed by atoms with E-state index in [0.717, 1.165) is 48.3 Å². The fraction of sp³-hybridized carbons (Fsp3) is 0.333. The van der Waals surface area contributed by atoms with Gasteiger partial charge in [-0.25, -0.2) is 0 Å². The molecule has 0 aliphatic carbocycles. The van der Waals surface area contributed by atoms with Crippen LogP contribution in [0.2, 0.25) is 0 Å². The van der Waals surface area contributed by atoms with Gasteiger partial charge >= 0.3 is 0 Å². The highest BCUT2D eigenvalue weighted by molar-refractivity contribution is 5.97. The van der Waals surface area contributed by atoms with Gasteiger partial charge in [0.1, 0.15) is 5.75 Å². The molecule has 2 aliphatic heterocycles. The monoisotopic (exact) mass is 443 g/mol. The number of likely N-dealkylation sites (tertiary alicyclic amines) is 1. The quantitative estimate of drug-likeness (QED) is 0.573. The Bertz CT molecular complexity index is 1160. The van der Waals surface area contributed by atoms with Crippen LogP contribution in [0.15, 0.2) is 60.8 Å². The van der Waals surface area contributed by atoms with E-state index in [0.29, 0.717) is 18.7 Å². The number of aromatic amines is 1. The standard InChI is InChI=1S/C27H29N3O3/c1-18-8-9-20(15-23(18)22-5-2-3-7-25(22)31)30-17-21(16-26(30)32)29-13-10-19(11-14-29)27(33)24-6-4-12-28-24/h2-9,12,15,19,21,28,31H,10-11,13-14,16-17H2,1H3. The molecule has 2 aromatic carbocycles. The smallest absolute Gasteiger partial charge is 0.228 e. The van der Waals surface area contributed by atoms with E-state index in [1.165, 1.54) is 0 Å². The second-order valence-corrected chi connectivity index (χ2v) is 9.14. The van der Waals surface area contributed by atoms with E-state index in [2.05, 4.69) is 9.88 Å². The summed E-state index contributed by atoms with van der Waals surface area (Å²) >= 11 is 0. The Hall–Kier alpha value is -3.38. The van der Waals surface area contributed by atoms with Crippen molar-refractivity contribution >= 4 is 17.4 Å². The Morgan fingerprint density at radius 3 is 2.55 bits per heavy atom. The third-order valence-corrected chi connectivity index (χ3v) is 7.11. The number of hydrogen-bond donors (Lipinski definition) is 2. The summed E-state index contributed by atoms with van der Waals surface area (Å²) in [4.78, 5) is 32.9. The van der Waals surface area contributed by atoms with Gasteiger partial charge in [0.2, 0.25) is 5.91 Å². The first-order valence-electron chi connectivity index (χ1n) is 11.6. The predicted octanol–water partition coefficient (Wildman–Crippen LogP) is 4.40. The summed E-state index contributed by atoms with van der Waals surface area (Å²) in [5.41, 5.74) is 4.31. The van der Waals surface area contributed by atoms with E-state index in [4.69, 9.17) is 0 Å². The normalized spacial score (nSPS) is 19.8. The number of nitrogens with zero attached hydrogens (tertiary/aromatic N) is 2. The zero-order valence-corrected chi connectivity index (χ0v) is 18.8. The number of rotatable bonds is 5. The number of carbonyl (C=O) groups excluding carboxylic acids is 2. The van der Waals surface area contributed by atoms with Crippen LogP contribution in [-0.4, -0.2) is 52.4 Å². The van der Waals surface area contributed by atoms with Gasteiger partial charge in [-0.2, -0.15) is 0 Å². The number of amides is 1. The Morgan fingerprint density at radius 2 is 1.82 bits per heavy atom. The second-order valence-electron chi connectivity index (χ2n) is 9.14. The van der Waals surface area contributed by atoms with Gasteiger partial charge < -0.3 is 15.0 Å². The van der Waals surface area contributed by atoms with E-state index in [1.54, 1.807) is 12.3 Å². The molecule has 1 atom stereocenters. The van der Waals surface area contributed by atoms with Crippen LogP contribution in [0.25, 0.3) is 11.1 Å². The zero-order chi connectivity index (χ0) is 22.9. The summed E-state index contributed by atoms with van der Waals surface area (Å²) in [5.74, 6) is 0.600. The largest absolute Gasteiger partial charge is 0.507 e. The van der Waals surface area contributed by atoms with Crippen LogP contribution in [0.5, 0.6) is 5.75 Å². The predicted molar refractivity (Wildman–Crippen MR) is 128 cm³/mol. The van der Waals surface area contributed by atoms with Crippen LogP contribution in [0, 0.1) is 12.8 Å². The highest BCUT2D eigenvalue weighted by atomic mass is 16.3. The number of benzene rings is 2. The van der Waals surface area contributed by atoms with Crippen LogP contribution < -0.4 is 4.90 Å². The van der Waals surface area contributed by atoms with Crippen molar-refractivity contribution in [3.63, 3.8) is 0 Å². The molecule has 2 N–H and O–H groups in total. The van der Waals surface area contributed by atoms with Gasteiger partial charge in [-0.3, -0.25) is 14.5 Å². The highest BCUT2D eigenvalue weighted by Gasteiger charge is 2.37. The molecule has 5 rings (SSSR count). The average Bonchev–Trinajstić information content (AvgIpc) is 3.50. The molecule has 6 nitrogen and oxygen atoms in total. The van der Waals surface area contributed by atoms with Gasteiger partial charge in [-0.05, 0) is 74.3 Å². The number of aromatic hydroxyl groups is 1. The average molecular weight is 444 g/mol. The highest BCUT2D eigenvalue weighted by Crippen LogP contribution is 2.35. The van der Waals surface area contributed by atoms with Gasteiger partial charge in [0.05, 0.1) is 5.69 Å². The Morgan fingerprint density at radius 1 is 1.03 bits per heavy atom. The number of Topliss-reactive ketones (excluding diaryl/α,β-unsaturated/α-hetero) is 1. The first-order chi connectivity index (χ1) is 16.0. The second kappa shape index (κ2) is 8.87. The third kappa shape index (κ3) is 4.18. The van der Waals surface area contributed by atoms with Crippen molar-refractivity contribution in [2.45, 2.75) is 32.2 Å². The molecule has 3 heterocycles. The van der Waals surface area contributed by atoms with Crippen molar-refractivity contribution in [1.29, 1.82) is 0 Å². The van der Waals surface area contributed by atoms with Crippen LogP contribution in [0.3, 0.4) is 0 Å². The lowest BCUT2D eigenvalue weighted by molar-refractivity contribution is -0.117. The van der Waals surface area contributed by atoms with E-state index < -0.39 is 0 Å². The molecule has 2 saturated heterocycles. The lowest BCUT2D eigenvalue weighted by Crippen LogP contribution is -2.44. The van der Waals surface area contributed by atoms with E-state index in [9.17, 15) is 14.7 Å². The summed E-state index contributed by atoms with van der Waals surface area (Å²) in [6.45, 7) is 4.33. The number of ketones is 1. The number of nitrogens with one attached hydrogen (secondary N) is 1. The molecule has 2 aliphatic rings. The molecular weight excluding hydrogens is 414 g/mol. The van der Waals surface area contributed by atoms with Gasteiger partial charge in [0.25, 0.3) is 0 Å². The lowest BCUT2D eigenvalue weighted by Gasteiger charge is -2.35. The van der Waals surface area contributed by atoms with Crippen LogP contribution in [0.1, 0.15) is 35.3 Å². The van der Waals surface area contributed by atoms with Gasteiger partial charge in [-0.1, -0.05) is 24.3 Å². The SMILES string of the molecule is Cc1ccc(N2CC(N3CCC(C(=O)c4ccc[nH]4)CC3)CC2=O)cc1-c1ccccc1O. The number of para-hydroxylation sites is 1. The zero-order valence-electron chi connectivity index (χ0n) is 18.8. The molecule has 0 radical (unpaired) electrons. The molecule has 1 aromatic heterocycles. The molecular formula is C27H29N3O3. The number of H-pyrrole nitrogens is 1. The first kappa shape index (κ1) is 21.5. The topological polar surface area (TPSA) is 76.6 Å². The van der Waals surface area contributed by atoms with Crippen molar-refractivity contribution in [3.8, 4) is 16.9 Å². The maximum absolute atomic E-state index is 12.9. The summed E-state index contributed by atoms with van der Waals surface area (Å²) < 4.78 is 0. The van der Waals surface area contributed by atoms with Crippen molar-refractivity contribution in [1.82, 2.24) is 9.88 Å². The molecule has 3 aromatic rings. The van der Waals surface area contributed by atoms with Crippen molar-refractivity contribution < 1.29 is 14.7 Å². The maximum atomic E-state index is 12.9. The fourth-order valence-electron chi connectivity index (χ4n) is 5.18. The number of anilines is 1. The number of hydrogen-bond acceptors (Lipinski definition) is 4. The molecule has 1 unspecified atom stereocenters. The molecule has 0 spiro atoms. The maximum Gasteiger partial charge on any atom is 0.228 e. The summed E-state index contributed by atoms with van der Waals surface area (Å²) in [5, 5.41) is 10.3.